The van der Waals surface area contributed by atoms with E-state index >= 15 is 0 Å². The molecule has 1 aromatic heterocycles. The first-order valence-electron chi connectivity index (χ1n) is 12.0. The third kappa shape index (κ3) is 6.54. The molecule has 1 atom stereocenters. The molecule has 1 aliphatic heterocycles. The highest BCUT2D eigenvalue weighted by Crippen LogP contribution is 2.23. The molecule has 1 fully saturated rings. The molecule has 2 aromatic carbocycles. The molecule has 1 unspecified atom stereocenters. The maximum Gasteiger partial charge on any atom is 0.231 e. The van der Waals surface area contributed by atoms with Crippen LogP contribution in [0, 0.1) is 0 Å². The van der Waals surface area contributed by atoms with E-state index in [9.17, 15) is 4.79 Å². The standard InChI is InChI=1S/C27H33N5O2/c1-20(22-11-8-12-23(18-22)26(33)21-9-4-2-5-10-21)17-24-19-25(34-31-24)30-27(28)29-13-16-32-14-6-3-7-15-32/h2,4-5,8-12,18-20H,3,6-7,13-17H2,1H3,(H3,28,29,30). The molecule has 0 radical (unpaired) electrons. The van der Waals surface area contributed by atoms with Gasteiger partial charge in [0.25, 0.3) is 0 Å². The molecule has 2 heterocycles. The van der Waals surface area contributed by atoms with Gasteiger partial charge in [0.2, 0.25) is 5.88 Å². The quantitative estimate of drug-likeness (QED) is 0.279. The summed E-state index contributed by atoms with van der Waals surface area (Å²) in [4.78, 5) is 19.6. The number of carbonyl (C=O) groups is 1. The second kappa shape index (κ2) is 11.6. The molecule has 1 aliphatic rings. The number of nitrogens with zero attached hydrogens (tertiary/aromatic N) is 3. The number of anilines is 1. The Morgan fingerprint density at radius 1 is 1.09 bits per heavy atom. The summed E-state index contributed by atoms with van der Waals surface area (Å²) in [5, 5.41) is 7.16. The van der Waals surface area contributed by atoms with E-state index in [0.717, 1.165) is 30.9 Å². The second-order valence-corrected chi connectivity index (χ2v) is 8.90. The number of carbonyl (C=O) groups excluding carboxylic acids is 1. The van der Waals surface area contributed by atoms with Crippen molar-refractivity contribution < 1.29 is 9.32 Å². The fourth-order valence-corrected chi connectivity index (χ4v) is 4.30. The highest BCUT2D eigenvalue weighted by molar-refractivity contribution is 6.09. The number of ketones is 1. The molecule has 0 spiro atoms. The molecule has 4 rings (SSSR count). The van der Waals surface area contributed by atoms with Crippen molar-refractivity contribution in [2.24, 2.45) is 10.7 Å². The number of hydrogen-bond donors (Lipinski definition) is 2. The lowest BCUT2D eigenvalue weighted by Crippen LogP contribution is -2.32. The summed E-state index contributed by atoms with van der Waals surface area (Å²) in [6.07, 6.45) is 4.54. The number of guanidine groups is 1. The molecule has 3 aromatic rings. The molecular weight excluding hydrogens is 426 g/mol. The number of benzene rings is 2. The van der Waals surface area contributed by atoms with Gasteiger partial charge in [-0.2, -0.15) is 0 Å². The third-order valence-electron chi connectivity index (χ3n) is 6.23. The van der Waals surface area contributed by atoms with Gasteiger partial charge >= 0.3 is 0 Å². The minimum absolute atomic E-state index is 0.0256. The molecule has 178 valence electrons. The van der Waals surface area contributed by atoms with E-state index in [1.165, 1.54) is 19.3 Å². The zero-order valence-corrected chi connectivity index (χ0v) is 19.7. The Hall–Kier alpha value is -3.45. The highest BCUT2D eigenvalue weighted by atomic mass is 16.5. The number of aliphatic imine (C=N–C) groups is 1. The fraction of sp³-hybridized carbons (Fsp3) is 0.370. The summed E-state index contributed by atoms with van der Waals surface area (Å²) in [7, 11) is 0. The molecule has 7 nitrogen and oxygen atoms in total. The molecule has 0 amide bonds. The molecular formula is C27H33N5O2. The zero-order valence-electron chi connectivity index (χ0n) is 19.7. The van der Waals surface area contributed by atoms with Gasteiger partial charge in [0.1, 0.15) is 0 Å². The van der Waals surface area contributed by atoms with Gasteiger partial charge in [-0.15, -0.1) is 0 Å². The van der Waals surface area contributed by atoms with E-state index in [-0.39, 0.29) is 11.7 Å². The van der Waals surface area contributed by atoms with E-state index in [1.807, 2.05) is 60.7 Å². The predicted molar refractivity (Wildman–Crippen MR) is 135 cm³/mol. The Bertz CT molecular complexity index is 1100. The van der Waals surface area contributed by atoms with Crippen LogP contribution in [-0.4, -0.2) is 48.0 Å². The van der Waals surface area contributed by atoms with Crippen LogP contribution in [-0.2, 0) is 6.42 Å². The maximum absolute atomic E-state index is 12.8. The lowest BCUT2D eigenvalue weighted by molar-refractivity contribution is 0.103. The number of likely N-dealkylation sites (tertiary alicyclic amines) is 1. The average Bonchev–Trinajstić information content (AvgIpc) is 3.31. The van der Waals surface area contributed by atoms with Crippen molar-refractivity contribution in [3.05, 3.63) is 83.0 Å². The van der Waals surface area contributed by atoms with Gasteiger partial charge in [-0.05, 0) is 49.9 Å². The van der Waals surface area contributed by atoms with Crippen molar-refractivity contribution in [3.8, 4) is 0 Å². The molecule has 0 saturated carbocycles. The van der Waals surface area contributed by atoms with Crippen LogP contribution < -0.4 is 11.1 Å². The van der Waals surface area contributed by atoms with E-state index in [1.54, 1.807) is 0 Å². The first-order chi connectivity index (χ1) is 16.6. The van der Waals surface area contributed by atoms with Crippen molar-refractivity contribution in [3.63, 3.8) is 0 Å². The second-order valence-electron chi connectivity index (χ2n) is 8.90. The number of hydrogen-bond acceptors (Lipinski definition) is 5. The van der Waals surface area contributed by atoms with Crippen LogP contribution in [0.15, 0.2) is 70.2 Å². The molecule has 0 bridgehead atoms. The normalized spacial score (nSPS) is 15.7. The van der Waals surface area contributed by atoms with Crippen LogP contribution in [0.25, 0.3) is 0 Å². The minimum atomic E-state index is 0.0256. The Morgan fingerprint density at radius 3 is 2.65 bits per heavy atom. The van der Waals surface area contributed by atoms with Gasteiger partial charge < -0.3 is 15.2 Å². The molecule has 1 saturated heterocycles. The fourth-order valence-electron chi connectivity index (χ4n) is 4.30. The van der Waals surface area contributed by atoms with E-state index in [0.29, 0.717) is 35.9 Å². The van der Waals surface area contributed by atoms with Gasteiger partial charge in [0.15, 0.2) is 11.7 Å². The maximum atomic E-state index is 12.8. The molecule has 3 N–H and O–H groups in total. The van der Waals surface area contributed by atoms with E-state index < -0.39 is 0 Å². The first kappa shape index (κ1) is 23.7. The summed E-state index contributed by atoms with van der Waals surface area (Å²) in [5.41, 5.74) is 9.29. The van der Waals surface area contributed by atoms with Gasteiger partial charge in [0, 0.05) is 23.7 Å². The summed E-state index contributed by atoms with van der Waals surface area (Å²) in [6, 6.07) is 19.0. The number of aromatic nitrogens is 1. The lowest BCUT2D eigenvalue weighted by atomic mass is 9.93. The summed E-state index contributed by atoms with van der Waals surface area (Å²) in [5.74, 6) is 1.00. The molecule has 34 heavy (non-hydrogen) atoms. The van der Waals surface area contributed by atoms with Crippen LogP contribution in [0.4, 0.5) is 5.88 Å². The number of piperidine rings is 1. The SMILES string of the molecule is CC(Cc1cc(NC(N)=NCCN2CCCCC2)on1)c1cccc(C(=O)c2ccccc2)c1. The van der Waals surface area contributed by atoms with Crippen LogP contribution in [0.1, 0.15) is 59.3 Å². The van der Waals surface area contributed by atoms with Gasteiger partial charge in [0.05, 0.1) is 12.2 Å². The van der Waals surface area contributed by atoms with Crippen molar-refractivity contribution in [2.45, 2.75) is 38.5 Å². The van der Waals surface area contributed by atoms with Crippen molar-refractivity contribution in [1.29, 1.82) is 0 Å². The van der Waals surface area contributed by atoms with Gasteiger partial charge in [-0.3, -0.25) is 15.1 Å². The number of nitrogens with two attached hydrogens (primary N) is 1. The smallest absolute Gasteiger partial charge is 0.231 e. The summed E-state index contributed by atoms with van der Waals surface area (Å²) >= 11 is 0. The minimum Gasteiger partial charge on any atom is -0.370 e. The van der Waals surface area contributed by atoms with Crippen LogP contribution >= 0.6 is 0 Å². The molecule has 7 heteroatoms. The van der Waals surface area contributed by atoms with Crippen LogP contribution in [0.5, 0.6) is 0 Å². The van der Waals surface area contributed by atoms with Gasteiger partial charge in [-0.25, -0.2) is 0 Å². The van der Waals surface area contributed by atoms with Crippen molar-refractivity contribution in [1.82, 2.24) is 10.1 Å². The van der Waals surface area contributed by atoms with Crippen molar-refractivity contribution in [2.75, 3.05) is 31.5 Å². The largest absolute Gasteiger partial charge is 0.370 e. The lowest BCUT2D eigenvalue weighted by Gasteiger charge is -2.25. The monoisotopic (exact) mass is 459 g/mol. The van der Waals surface area contributed by atoms with Crippen LogP contribution in [0.2, 0.25) is 0 Å². The number of nitrogens with one attached hydrogen (secondary N) is 1. The third-order valence-corrected chi connectivity index (χ3v) is 6.23. The van der Waals surface area contributed by atoms with Gasteiger partial charge in [-0.1, -0.05) is 67.0 Å². The van der Waals surface area contributed by atoms with Crippen LogP contribution in [0.3, 0.4) is 0 Å². The summed E-state index contributed by atoms with van der Waals surface area (Å²) < 4.78 is 5.40. The average molecular weight is 460 g/mol. The van der Waals surface area contributed by atoms with Crippen molar-refractivity contribution >= 4 is 17.6 Å². The topological polar surface area (TPSA) is 96.8 Å². The summed E-state index contributed by atoms with van der Waals surface area (Å²) in [6.45, 7) is 6.00. The molecule has 0 aliphatic carbocycles. The Kier molecular flexibility index (Phi) is 8.09. The number of rotatable bonds is 9. The van der Waals surface area contributed by atoms with E-state index in [2.05, 4.69) is 27.3 Å². The predicted octanol–water partition coefficient (Wildman–Crippen LogP) is 4.46. The Labute approximate surface area is 201 Å². The Morgan fingerprint density at radius 2 is 1.85 bits per heavy atom. The highest BCUT2D eigenvalue weighted by Gasteiger charge is 2.15. The first-order valence-corrected chi connectivity index (χ1v) is 12.0. The zero-order chi connectivity index (χ0) is 23.8. The Balaban J connectivity index is 1.31. The van der Waals surface area contributed by atoms with E-state index in [4.69, 9.17) is 10.3 Å².